The molecule has 0 saturated heterocycles. The predicted octanol–water partition coefficient (Wildman–Crippen LogP) is 1.69. The Bertz CT molecular complexity index is 608. The van der Waals surface area contributed by atoms with Crippen LogP contribution in [0.25, 0.3) is 0 Å². The Morgan fingerprint density at radius 2 is 1.67 bits per heavy atom. The smallest absolute Gasteiger partial charge is 0.206 e. The van der Waals surface area contributed by atoms with Gasteiger partial charge in [0.2, 0.25) is 0 Å². The van der Waals surface area contributed by atoms with Crippen molar-refractivity contribution in [2.75, 3.05) is 0 Å². The molecule has 1 aromatic rings. The van der Waals surface area contributed by atoms with Crippen LogP contribution in [0.1, 0.15) is 31.7 Å². The molecule has 0 bridgehead atoms. The van der Waals surface area contributed by atoms with Gasteiger partial charge in [0, 0.05) is 0 Å². The van der Waals surface area contributed by atoms with Crippen molar-refractivity contribution in [1.82, 2.24) is 4.13 Å². The third-order valence-electron chi connectivity index (χ3n) is 2.58. The highest BCUT2D eigenvalue weighted by molar-refractivity contribution is 8.02. The van der Waals surface area contributed by atoms with Gasteiger partial charge in [-0.2, -0.15) is 8.42 Å². The fourth-order valence-corrected chi connectivity index (χ4v) is 3.32. The van der Waals surface area contributed by atoms with Crippen LogP contribution >= 0.6 is 0 Å². The van der Waals surface area contributed by atoms with E-state index >= 15 is 0 Å². The van der Waals surface area contributed by atoms with Gasteiger partial charge in [-0.25, -0.2) is 8.42 Å². The van der Waals surface area contributed by atoms with E-state index in [9.17, 15) is 20.7 Å². The summed E-state index contributed by atoms with van der Waals surface area (Å²) in [5.74, 6) is 0.264. The summed E-state index contributed by atoms with van der Waals surface area (Å²) in [6.07, 6.45) is 0.892. The highest BCUT2D eigenvalue weighted by Crippen LogP contribution is 2.20. The van der Waals surface area contributed by atoms with Crippen molar-refractivity contribution in [3.8, 4) is 0 Å². The number of halogens is 1. The van der Waals surface area contributed by atoms with Crippen molar-refractivity contribution in [3.05, 3.63) is 29.8 Å². The lowest BCUT2D eigenvalue weighted by molar-refractivity contribution is 0.542. The summed E-state index contributed by atoms with van der Waals surface area (Å²) in [5, 5.41) is 0. The standard InChI is InChI=1S/C10H14FNO4S2/c1-3-8(2)9-4-6-10(7-5-9)17(13,14)12-18(11,15)16/h4-8,12H,3H2,1-2H3. The van der Waals surface area contributed by atoms with E-state index in [0.717, 1.165) is 16.1 Å². The maximum Gasteiger partial charge on any atom is 0.385 e. The van der Waals surface area contributed by atoms with Gasteiger partial charge >= 0.3 is 10.4 Å². The minimum absolute atomic E-state index is 0.264. The predicted molar refractivity (Wildman–Crippen MR) is 65.5 cm³/mol. The summed E-state index contributed by atoms with van der Waals surface area (Å²) in [4.78, 5) is -0.296. The van der Waals surface area contributed by atoms with E-state index in [1.54, 1.807) is 12.1 Å². The topological polar surface area (TPSA) is 80.3 Å². The van der Waals surface area contributed by atoms with Crippen LogP contribution in [0.4, 0.5) is 3.89 Å². The molecule has 8 heteroatoms. The zero-order valence-corrected chi connectivity index (χ0v) is 11.6. The number of hydrogen-bond acceptors (Lipinski definition) is 4. The van der Waals surface area contributed by atoms with Crippen molar-refractivity contribution in [2.45, 2.75) is 31.1 Å². The molecule has 0 fully saturated rings. The van der Waals surface area contributed by atoms with Gasteiger partial charge in [-0.3, -0.25) is 0 Å². The third kappa shape index (κ3) is 4.04. The van der Waals surface area contributed by atoms with Crippen LogP contribution in [-0.2, 0) is 20.4 Å². The molecule has 1 rings (SSSR count). The number of benzene rings is 1. The van der Waals surface area contributed by atoms with Gasteiger partial charge < -0.3 is 0 Å². The summed E-state index contributed by atoms with van der Waals surface area (Å²) in [6, 6.07) is 5.64. The van der Waals surface area contributed by atoms with E-state index in [0.29, 0.717) is 0 Å². The zero-order valence-electron chi connectivity index (χ0n) is 9.92. The average Bonchev–Trinajstić information content (AvgIpc) is 2.25. The molecule has 1 unspecified atom stereocenters. The molecule has 0 aromatic heterocycles. The monoisotopic (exact) mass is 295 g/mol. The van der Waals surface area contributed by atoms with Crippen molar-refractivity contribution in [1.29, 1.82) is 0 Å². The Labute approximate surface area is 106 Å². The van der Waals surface area contributed by atoms with Crippen molar-refractivity contribution in [3.63, 3.8) is 0 Å². The summed E-state index contributed by atoms with van der Waals surface area (Å²) in [5.41, 5.74) is 0.930. The average molecular weight is 295 g/mol. The molecule has 1 N–H and O–H groups in total. The van der Waals surface area contributed by atoms with Crippen LogP contribution in [0.15, 0.2) is 29.2 Å². The van der Waals surface area contributed by atoms with Crippen molar-refractivity contribution >= 4 is 20.4 Å². The van der Waals surface area contributed by atoms with E-state index in [2.05, 4.69) is 0 Å². The summed E-state index contributed by atoms with van der Waals surface area (Å²) >= 11 is 0. The van der Waals surface area contributed by atoms with Crippen LogP contribution < -0.4 is 4.13 Å². The van der Waals surface area contributed by atoms with E-state index < -0.39 is 20.4 Å². The Morgan fingerprint density at radius 1 is 1.17 bits per heavy atom. The van der Waals surface area contributed by atoms with E-state index in [4.69, 9.17) is 0 Å². The SMILES string of the molecule is CCC(C)c1ccc(S(=O)(=O)NS(=O)(=O)F)cc1. The van der Waals surface area contributed by atoms with Gasteiger partial charge in [0.15, 0.2) is 0 Å². The molecule has 0 spiro atoms. The third-order valence-corrected chi connectivity index (χ3v) is 5.15. The minimum Gasteiger partial charge on any atom is -0.206 e. The maximum absolute atomic E-state index is 12.3. The quantitative estimate of drug-likeness (QED) is 0.838. The molecular formula is C10H14FNO4S2. The fraction of sp³-hybridized carbons (Fsp3) is 0.400. The lowest BCUT2D eigenvalue weighted by Gasteiger charge is -2.09. The second-order valence-corrected chi connectivity index (χ2v) is 6.92. The summed E-state index contributed by atoms with van der Waals surface area (Å²) in [7, 11) is -9.68. The van der Waals surface area contributed by atoms with Gasteiger partial charge in [0.05, 0.1) is 4.90 Å². The van der Waals surface area contributed by atoms with Gasteiger partial charge in [-0.1, -0.05) is 34.0 Å². The molecule has 0 aliphatic rings. The number of nitrogens with one attached hydrogen (secondary N) is 1. The van der Waals surface area contributed by atoms with Gasteiger partial charge in [-0.15, -0.1) is 0 Å². The van der Waals surface area contributed by atoms with E-state index in [1.165, 1.54) is 12.1 Å². The second-order valence-electron chi connectivity index (χ2n) is 3.90. The van der Waals surface area contributed by atoms with Gasteiger partial charge in [0.1, 0.15) is 0 Å². The molecule has 0 radical (unpaired) electrons. The van der Waals surface area contributed by atoms with Gasteiger partial charge in [0.25, 0.3) is 10.0 Å². The number of hydrogen-bond donors (Lipinski definition) is 1. The Balaban J connectivity index is 3.05. The summed E-state index contributed by atoms with van der Waals surface area (Å²) < 4.78 is 56.8. The minimum atomic E-state index is -5.30. The van der Waals surface area contributed by atoms with Gasteiger partial charge in [-0.05, 0) is 30.0 Å². The summed E-state index contributed by atoms with van der Waals surface area (Å²) in [6.45, 7) is 3.97. The van der Waals surface area contributed by atoms with Crippen molar-refractivity contribution < 1.29 is 20.7 Å². The molecule has 0 aliphatic heterocycles. The normalized spacial score (nSPS) is 14.4. The van der Waals surface area contributed by atoms with Crippen LogP contribution in [-0.4, -0.2) is 16.8 Å². The molecule has 1 aromatic carbocycles. The fourth-order valence-electron chi connectivity index (χ4n) is 1.39. The molecule has 0 heterocycles. The van der Waals surface area contributed by atoms with Crippen LogP contribution in [0.3, 0.4) is 0 Å². The second kappa shape index (κ2) is 5.33. The van der Waals surface area contributed by atoms with Crippen LogP contribution in [0.5, 0.6) is 0 Å². The van der Waals surface area contributed by atoms with E-state index in [-0.39, 0.29) is 10.8 Å². The Hall–Kier alpha value is -0.990. The molecule has 18 heavy (non-hydrogen) atoms. The molecule has 0 saturated carbocycles. The van der Waals surface area contributed by atoms with Crippen LogP contribution in [0, 0.1) is 0 Å². The molecule has 5 nitrogen and oxygen atoms in total. The van der Waals surface area contributed by atoms with Crippen LogP contribution in [0.2, 0.25) is 0 Å². The number of rotatable bonds is 5. The Kier molecular flexibility index (Phi) is 4.46. The zero-order chi connectivity index (χ0) is 14.0. The first kappa shape index (κ1) is 15.1. The Morgan fingerprint density at radius 3 is 2.06 bits per heavy atom. The maximum atomic E-state index is 12.3. The first-order valence-electron chi connectivity index (χ1n) is 5.24. The first-order valence-corrected chi connectivity index (χ1v) is 8.10. The molecule has 1 atom stereocenters. The highest BCUT2D eigenvalue weighted by Gasteiger charge is 2.21. The lowest BCUT2D eigenvalue weighted by Crippen LogP contribution is -2.27. The van der Waals surface area contributed by atoms with E-state index in [1.807, 2.05) is 13.8 Å². The molecule has 0 amide bonds. The molecule has 102 valence electrons. The highest BCUT2D eigenvalue weighted by atomic mass is 32.3. The molecule has 0 aliphatic carbocycles. The number of sulfonamides is 1. The largest absolute Gasteiger partial charge is 0.385 e. The first-order chi connectivity index (χ1) is 8.15. The van der Waals surface area contributed by atoms with Crippen molar-refractivity contribution in [2.24, 2.45) is 0 Å². The lowest BCUT2D eigenvalue weighted by atomic mass is 9.99. The molecular weight excluding hydrogens is 281 g/mol.